The average molecular weight is 249 g/mol. The molecule has 2 aliphatic rings. The molecule has 1 aromatic rings. The number of fused-ring (bicyclic) bond motifs is 2. The van der Waals surface area contributed by atoms with E-state index in [9.17, 15) is 4.79 Å². The fourth-order valence-electron chi connectivity index (χ4n) is 3.24. The zero-order valence-electron chi connectivity index (χ0n) is 10.8. The first kappa shape index (κ1) is 11.7. The topological polar surface area (TPSA) is 67.2 Å². The lowest BCUT2D eigenvalue weighted by Crippen LogP contribution is -2.48. The van der Waals surface area contributed by atoms with Crippen molar-refractivity contribution < 1.29 is 9.32 Å². The van der Waals surface area contributed by atoms with E-state index >= 15 is 0 Å². The average Bonchev–Trinajstić information content (AvgIpc) is 2.82. The third-order valence-electron chi connectivity index (χ3n) is 4.07. The van der Waals surface area contributed by atoms with Gasteiger partial charge in [-0.05, 0) is 39.5 Å². The molecule has 3 heterocycles. The number of amides is 1. The summed E-state index contributed by atoms with van der Waals surface area (Å²) in [5.74, 6) is 0.555. The highest BCUT2D eigenvalue weighted by Gasteiger charge is 2.34. The van der Waals surface area contributed by atoms with Gasteiger partial charge in [-0.3, -0.25) is 4.79 Å². The van der Waals surface area contributed by atoms with E-state index in [0.717, 1.165) is 12.8 Å². The van der Waals surface area contributed by atoms with E-state index in [2.05, 4.69) is 15.8 Å². The Morgan fingerprint density at radius 3 is 2.56 bits per heavy atom. The Labute approximate surface area is 106 Å². The molecule has 98 valence electrons. The molecule has 5 nitrogen and oxygen atoms in total. The lowest BCUT2D eigenvalue weighted by molar-refractivity contribution is 0.0922. The van der Waals surface area contributed by atoms with Crippen LogP contribution in [-0.2, 0) is 0 Å². The van der Waals surface area contributed by atoms with Crippen molar-refractivity contribution in [3.8, 4) is 0 Å². The molecule has 2 fully saturated rings. The van der Waals surface area contributed by atoms with Crippen LogP contribution in [0.15, 0.2) is 4.52 Å². The fraction of sp³-hybridized carbons (Fsp3) is 0.692. The summed E-state index contributed by atoms with van der Waals surface area (Å²) in [6.45, 7) is 3.58. The SMILES string of the molecule is Cc1noc(C)c1C(=O)NC1CC2CCC(C1)N2. The van der Waals surface area contributed by atoms with Crippen molar-refractivity contribution in [3.05, 3.63) is 17.0 Å². The summed E-state index contributed by atoms with van der Waals surface area (Å²) in [6.07, 6.45) is 4.54. The molecular formula is C13H19N3O2. The van der Waals surface area contributed by atoms with Crippen LogP contribution in [0, 0.1) is 13.8 Å². The summed E-state index contributed by atoms with van der Waals surface area (Å²) in [7, 11) is 0. The number of nitrogens with one attached hydrogen (secondary N) is 2. The Kier molecular flexibility index (Phi) is 2.86. The summed E-state index contributed by atoms with van der Waals surface area (Å²) in [4.78, 5) is 12.2. The Morgan fingerprint density at radius 2 is 2.00 bits per heavy atom. The molecule has 2 aliphatic heterocycles. The zero-order chi connectivity index (χ0) is 12.7. The second-order valence-corrected chi connectivity index (χ2v) is 5.48. The quantitative estimate of drug-likeness (QED) is 0.829. The molecule has 2 bridgehead atoms. The zero-order valence-corrected chi connectivity index (χ0v) is 10.8. The highest BCUT2D eigenvalue weighted by Crippen LogP contribution is 2.27. The molecule has 0 aromatic carbocycles. The van der Waals surface area contributed by atoms with E-state index in [-0.39, 0.29) is 11.9 Å². The second kappa shape index (κ2) is 4.39. The first-order valence-corrected chi connectivity index (χ1v) is 6.63. The minimum absolute atomic E-state index is 0.0439. The van der Waals surface area contributed by atoms with Crippen molar-refractivity contribution in [3.63, 3.8) is 0 Å². The third-order valence-corrected chi connectivity index (χ3v) is 4.07. The molecule has 3 rings (SSSR count). The van der Waals surface area contributed by atoms with Gasteiger partial charge >= 0.3 is 0 Å². The number of aryl methyl sites for hydroxylation is 2. The minimum Gasteiger partial charge on any atom is -0.361 e. The summed E-state index contributed by atoms with van der Waals surface area (Å²) in [6, 6.07) is 1.45. The molecule has 0 saturated carbocycles. The van der Waals surface area contributed by atoms with E-state index in [1.54, 1.807) is 13.8 Å². The number of rotatable bonds is 2. The maximum atomic E-state index is 12.2. The predicted molar refractivity (Wildman–Crippen MR) is 66.4 cm³/mol. The lowest BCUT2D eigenvalue weighted by atomic mass is 9.99. The maximum absolute atomic E-state index is 12.2. The molecule has 5 heteroatoms. The van der Waals surface area contributed by atoms with E-state index in [4.69, 9.17) is 4.52 Å². The van der Waals surface area contributed by atoms with Gasteiger partial charge in [-0.2, -0.15) is 0 Å². The van der Waals surface area contributed by atoms with Gasteiger partial charge in [0.25, 0.3) is 5.91 Å². The number of nitrogens with zero attached hydrogens (tertiary/aromatic N) is 1. The number of carbonyl (C=O) groups is 1. The summed E-state index contributed by atoms with van der Waals surface area (Å²) >= 11 is 0. The highest BCUT2D eigenvalue weighted by molar-refractivity contribution is 5.96. The van der Waals surface area contributed by atoms with Crippen molar-refractivity contribution in [1.82, 2.24) is 15.8 Å². The molecular weight excluding hydrogens is 230 g/mol. The first-order chi connectivity index (χ1) is 8.63. The minimum atomic E-state index is -0.0439. The molecule has 18 heavy (non-hydrogen) atoms. The van der Waals surface area contributed by atoms with Gasteiger partial charge in [-0.1, -0.05) is 5.16 Å². The molecule has 0 spiro atoms. The number of carbonyl (C=O) groups excluding carboxylic acids is 1. The third kappa shape index (κ3) is 2.03. The molecule has 1 aromatic heterocycles. The number of hydrogen-bond acceptors (Lipinski definition) is 4. The maximum Gasteiger partial charge on any atom is 0.257 e. The van der Waals surface area contributed by atoms with Crippen molar-refractivity contribution in [2.75, 3.05) is 0 Å². The van der Waals surface area contributed by atoms with E-state index in [0.29, 0.717) is 29.1 Å². The van der Waals surface area contributed by atoms with Gasteiger partial charge in [0.2, 0.25) is 0 Å². The summed E-state index contributed by atoms with van der Waals surface area (Å²) in [5.41, 5.74) is 1.27. The van der Waals surface area contributed by atoms with E-state index in [1.807, 2.05) is 0 Å². The van der Waals surface area contributed by atoms with Crippen LogP contribution in [0.4, 0.5) is 0 Å². The predicted octanol–water partition coefficient (Wildman–Crippen LogP) is 1.30. The van der Waals surface area contributed by atoms with Crippen molar-refractivity contribution >= 4 is 5.91 Å². The Bertz CT molecular complexity index is 437. The van der Waals surface area contributed by atoms with Crippen LogP contribution in [0.3, 0.4) is 0 Å². The van der Waals surface area contributed by atoms with Crippen LogP contribution in [0.5, 0.6) is 0 Å². The Balaban J connectivity index is 1.68. The van der Waals surface area contributed by atoms with Crippen molar-refractivity contribution in [1.29, 1.82) is 0 Å². The largest absolute Gasteiger partial charge is 0.361 e. The molecule has 2 N–H and O–H groups in total. The Morgan fingerprint density at radius 1 is 1.33 bits per heavy atom. The summed E-state index contributed by atoms with van der Waals surface area (Å²) in [5, 5.41) is 10.5. The number of aromatic nitrogens is 1. The van der Waals surface area contributed by atoms with Crippen LogP contribution in [0.2, 0.25) is 0 Å². The standard InChI is InChI=1S/C13H19N3O2/c1-7-12(8(2)18-16-7)13(17)15-11-5-9-3-4-10(6-11)14-9/h9-11,14H,3-6H2,1-2H3,(H,15,17). The Hall–Kier alpha value is -1.36. The van der Waals surface area contributed by atoms with Gasteiger partial charge in [-0.25, -0.2) is 0 Å². The molecule has 2 unspecified atom stereocenters. The molecule has 2 atom stereocenters. The van der Waals surface area contributed by atoms with Crippen LogP contribution in [-0.4, -0.2) is 29.2 Å². The van der Waals surface area contributed by atoms with E-state index in [1.165, 1.54) is 12.8 Å². The van der Waals surface area contributed by atoms with Crippen LogP contribution < -0.4 is 10.6 Å². The van der Waals surface area contributed by atoms with Crippen molar-refractivity contribution in [2.24, 2.45) is 0 Å². The van der Waals surface area contributed by atoms with E-state index < -0.39 is 0 Å². The van der Waals surface area contributed by atoms with Gasteiger partial charge in [0.1, 0.15) is 11.3 Å². The van der Waals surface area contributed by atoms with Gasteiger partial charge < -0.3 is 15.2 Å². The van der Waals surface area contributed by atoms with Gasteiger partial charge in [0, 0.05) is 18.1 Å². The number of hydrogen-bond donors (Lipinski definition) is 2. The van der Waals surface area contributed by atoms with Crippen LogP contribution in [0.1, 0.15) is 47.5 Å². The monoisotopic (exact) mass is 249 g/mol. The van der Waals surface area contributed by atoms with Gasteiger partial charge in [0.05, 0.1) is 5.69 Å². The molecule has 1 amide bonds. The van der Waals surface area contributed by atoms with Crippen molar-refractivity contribution in [2.45, 2.75) is 57.7 Å². The number of piperidine rings is 1. The molecule has 2 saturated heterocycles. The lowest BCUT2D eigenvalue weighted by Gasteiger charge is -2.29. The van der Waals surface area contributed by atoms with Gasteiger partial charge in [0.15, 0.2) is 0 Å². The molecule has 0 radical (unpaired) electrons. The van der Waals surface area contributed by atoms with Crippen LogP contribution in [0.25, 0.3) is 0 Å². The first-order valence-electron chi connectivity index (χ1n) is 6.63. The molecule has 0 aliphatic carbocycles. The van der Waals surface area contributed by atoms with Crippen LogP contribution >= 0.6 is 0 Å². The fourth-order valence-corrected chi connectivity index (χ4v) is 3.24. The highest BCUT2D eigenvalue weighted by atomic mass is 16.5. The second-order valence-electron chi connectivity index (χ2n) is 5.48. The smallest absolute Gasteiger partial charge is 0.257 e. The summed E-state index contributed by atoms with van der Waals surface area (Å²) < 4.78 is 5.04. The normalized spacial score (nSPS) is 30.4. The van der Waals surface area contributed by atoms with Gasteiger partial charge in [-0.15, -0.1) is 0 Å².